The van der Waals surface area contributed by atoms with E-state index in [9.17, 15) is 4.79 Å². The maximum Gasteiger partial charge on any atom is 0.227 e. The third kappa shape index (κ3) is 5.14. The molecule has 116 valence electrons. The van der Waals surface area contributed by atoms with Gasteiger partial charge in [0.1, 0.15) is 0 Å². The van der Waals surface area contributed by atoms with Crippen molar-refractivity contribution < 1.29 is 4.79 Å². The molecule has 1 heterocycles. The predicted molar refractivity (Wildman–Crippen MR) is 87.0 cm³/mol. The second kappa shape index (κ2) is 8.15. The van der Waals surface area contributed by atoms with Gasteiger partial charge in [-0.15, -0.1) is 0 Å². The van der Waals surface area contributed by atoms with Crippen LogP contribution in [0.5, 0.6) is 0 Å². The van der Waals surface area contributed by atoms with Gasteiger partial charge >= 0.3 is 0 Å². The lowest BCUT2D eigenvalue weighted by molar-refractivity contribution is -0.119. The standard InChI is InChI=1S/C17H27N3O/c1-14(6-5-9-18)17(21)19-16-8-4-7-15(12-16)13-20-10-2-3-11-20/h4,7-8,12,14H,2-3,5-6,9-11,13,18H2,1H3,(H,19,21). The van der Waals surface area contributed by atoms with Crippen molar-refractivity contribution >= 4 is 11.6 Å². The van der Waals surface area contributed by atoms with Crippen LogP contribution in [0.4, 0.5) is 5.69 Å². The smallest absolute Gasteiger partial charge is 0.227 e. The number of rotatable bonds is 7. The minimum atomic E-state index is 0.00999. The first-order valence-corrected chi connectivity index (χ1v) is 8.01. The van der Waals surface area contributed by atoms with Crippen LogP contribution in [-0.4, -0.2) is 30.4 Å². The van der Waals surface area contributed by atoms with Crippen molar-refractivity contribution in [2.45, 2.75) is 39.2 Å². The highest BCUT2D eigenvalue weighted by molar-refractivity contribution is 5.92. The van der Waals surface area contributed by atoms with E-state index in [4.69, 9.17) is 5.73 Å². The molecule has 2 rings (SSSR count). The molecule has 0 saturated carbocycles. The van der Waals surface area contributed by atoms with E-state index in [-0.39, 0.29) is 11.8 Å². The highest BCUT2D eigenvalue weighted by Crippen LogP contribution is 2.17. The molecular weight excluding hydrogens is 262 g/mol. The maximum absolute atomic E-state index is 12.1. The zero-order chi connectivity index (χ0) is 15.1. The average molecular weight is 289 g/mol. The molecule has 1 saturated heterocycles. The Balaban J connectivity index is 1.89. The van der Waals surface area contributed by atoms with Crippen LogP contribution in [0.25, 0.3) is 0 Å². The lowest BCUT2D eigenvalue weighted by Gasteiger charge is -2.16. The zero-order valence-electron chi connectivity index (χ0n) is 13.0. The van der Waals surface area contributed by atoms with Gasteiger partial charge < -0.3 is 11.1 Å². The number of carbonyl (C=O) groups excluding carboxylic acids is 1. The molecule has 1 aromatic rings. The molecule has 1 aliphatic heterocycles. The summed E-state index contributed by atoms with van der Waals surface area (Å²) in [6.07, 6.45) is 4.34. The summed E-state index contributed by atoms with van der Waals surface area (Å²) in [5.74, 6) is 0.0950. The minimum Gasteiger partial charge on any atom is -0.330 e. The summed E-state index contributed by atoms with van der Waals surface area (Å²) in [5.41, 5.74) is 7.66. The average Bonchev–Trinajstić information content (AvgIpc) is 2.98. The Hall–Kier alpha value is -1.39. The van der Waals surface area contributed by atoms with E-state index in [1.54, 1.807) is 0 Å². The molecule has 21 heavy (non-hydrogen) atoms. The fraction of sp³-hybridized carbons (Fsp3) is 0.588. The summed E-state index contributed by atoms with van der Waals surface area (Å²) in [6, 6.07) is 8.20. The molecule has 1 aliphatic rings. The van der Waals surface area contributed by atoms with E-state index >= 15 is 0 Å². The highest BCUT2D eigenvalue weighted by Gasteiger charge is 2.14. The normalized spacial score (nSPS) is 16.9. The molecule has 0 radical (unpaired) electrons. The number of nitrogens with zero attached hydrogens (tertiary/aromatic N) is 1. The lowest BCUT2D eigenvalue weighted by Crippen LogP contribution is -2.21. The fourth-order valence-corrected chi connectivity index (χ4v) is 2.77. The summed E-state index contributed by atoms with van der Waals surface area (Å²) in [6.45, 7) is 5.95. The second-order valence-corrected chi connectivity index (χ2v) is 6.00. The first kappa shape index (κ1) is 16.0. The summed E-state index contributed by atoms with van der Waals surface area (Å²) in [7, 11) is 0. The largest absolute Gasteiger partial charge is 0.330 e. The van der Waals surface area contributed by atoms with E-state index in [1.165, 1.54) is 31.5 Å². The van der Waals surface area contributed by atoms with Gasteiger partial charge in [-0.2, -0.15) is 0 Å². The molecule has 3 N–H and O–H groups in total. The molecule has 4 nitrogen and oxygen atoms in total. The number of nitrogens with two attached hydrogens (primary N) is 1. The third-order valence-corrected chi connectivity index (χ3v) is 4.09. The van der Waals surface area contributed by atoms with Crippen LogP contribution in [0.15, 0.2) is 24.3 Å². The highest BCUT2D eigenvalue weighted by atomic mass is 16.1. The van der Waals surface area contributed by atoms with Crippen molar-refractivity contribution in [1.82, 2.24) is 4.90 Å². The first-order valence-electron chi connectivity index (χ1n) is 8.01. The number of nitrogens with one attached hydrogen (secondary N) is 1. The van der Waals surface area contributed by atoms with Gasteiger partial charge in [-0.1, -0.05) is 19.1 Å². The van der Waals surface area contributed by atoms with Gasteiger partial charge in [-0.25, -0.2) is 0 Å². The van der Waals surface area contributed by atoms with Gasteiger partial charge in [0.25, 0.3) is 0 Å². The molecule has 0 bridgehead atoms. The van der Waals surface area contributed by atoms with Gasteiger partial charge in [-0.05, 0) is 63.0 Å². The fourth-order valence-electron chi connectivity index (χ4n) is 2.77. The van der Waals surface area contributed by atoms with E-state index in [0.29, 0.717) is 6.54 Å². The van der Waals surface area contributed by atoms with Gasteiger partial charge in [0.15, 0.2) is 0 Å². The van der Waals surface area contributed by atoms with Crippen molar-refractivity contribution in [3.8, 4) is 0 Å². The number of amides is 1. The zero-order valence-corrected chi connectivity index (χ0v) is 13.0. The Labute approximate surface area is 127 Å². The molecular formula is C17H27N3O. The van der Waals surface area contributed by atoms with E-state index < -0.39 is 0 Å². The quantitative estimate of drug-likeness (QED) is 0.811. The SMILES string of the molecule is CC(CCCN)C(=O)Nc1cccc(CN2CCCC2)c1. The number of likely N-dealkylation sites (tertiary alicyclic amines) is 1. The predicted octanol–water partition coefficient (Wildman–Crippen LogP) is 2.60. The first-order chi connectivity index (χ1) is 10.2. The molecule has 0 spiro atoms. The molecule has 4 heteroatoms. The molecule has 0 aliphatic carbocycles. The van der Waals surface area contributed by atoms with E-state index in [1.807, 2.05) is 19.1 Å². The summed E-state index contributed by atoms with van der Waals surface area (Å²) >= 11 is 0. The van der Waals surface area contributed by atoms with Crippen molar-refractivity contribution in [2.75, 3.05) is 25.0 Å². The van der Waals surface area contributed by atoms with Crippen molar-refractivity contribution in [3.63, 3.8) is 0 Å². The van der Waals surface area contributed by atoms with Crippen LogP contribution < -0.4 is 11.1 Å². The van der Waals surface area contributed by atoms with E-state index in [0.717, 1.165) is 25.1 Å². The molecule has 1 atom stereocenters. The molecule has 1 fully saturated rings. The van der Waals surface area contributed by atoms with Crippen molar-refractivity contribution in [2.24, 2.45) is 11.7 Å². The Morgan fingerprint density at radius 3 is 2.86 bits per heavy atom. The van der Waals surface area contributed by atoms with Crippen LogP contribution in [-0.2, 0) is 11.3 Å². The Bertz CT molecular complexity index is 455. The number of hydrogen-bond acceptors (Lipinski definition) is 3. The van der Waals surface area contributed by atoms with Gasteiger partial charge in [0.05, 0.1) is 0 Å². The summed E-state index contributed by atoms with van der Waals surface area (Å²) in [5, 5.41) is 3.02. The topological polar surface area (TPSA) is 58.4 Å². The van der Waals surface area contributed by atoms with Crippen LogP contribution in [0.1, 0.15) is 38.2 Å². The van der Waals surface area contributed by atoms with E-state index in [2.05, 4.69) is 22.3 Å². The lowest BCUT2D eigenvalue weighted by atomic mass is 10.0. The minimum absolute atomic E-state index is 0.00999. The van der Waals surface area contributed by atoms with Gasteiger partial charge in [0.2, 0.25) is 5.91 Å². The second-order valence-electron chi connectivity index (χ2n) is 6.00. The molecule has 1 aromatic carbocycles. The van der Waals surface area contributed by atoms with Gasteiger partial charge in [-0.3, -0.25) is 9.69 Å². The maximum atomic E-state index is 12.1. The number of carbonyl (C=O) groups is 1. The Kier molecular flexibility index (Phi) is 6.21. The number of benzene rings is 1. The molecule has 1 amide bonds. The monoisotopic (exact) mass is 289 g/mol. The van der Waals surface area contributed by atoms with Crippen molar-refractivity contribution in [3.05, 3.63) is 29.8 Å². The number of hydrogen-bond donors (Lipinski definition) is 2. The van der Waals surface area contributed by atoms with Crippen LogP contribution in [0.3, 0.4) is 0 Å². The van der Waals surface area contributed by atoms with Crippen LogP contribution in [0, 0.1) is 5.92 Å². The van der Waals surface area contributed by atoms with Gasteiger partial charge in [0, 0.05) is 18.2 Å². The summed E-state index contributed by atoms with van der Waals surface area (Å²) < 4.78 is 0. The van der Waals surface area contributed by atoms with Crippen molar-refractivity contribution in [1.29, 1.82) is 0 Å². The van der Waals surface area contributed by atoms with Crippen LogP contribution >= 0.6 is 0 Å². The number of anilines is 1. The van der Waals surface area contributed by atoms with Crippen LogP contribution in [0.2, 0.25) is 0 Å². The Morgan fingerprint density at radius 1 is 1.38 bits per heavy atom. The third-order valence-electron chi connectivity index (χ3n) is 4.09. The molecule has 0 aromatic heterocycles. The molecule has 1 unspecified atom stereocenters. The Morgan fingerprint density at radius 2 is 2.14 bits per heavy atom. The summed E-state index contributed by atoms with van der Waals surface area (Å²) in [4.78, 5) is 14.6.